The molecular formula is C27H50. The largest absolute Gasteiger partial charge is 0.103 e. The summed E-state index contributed by atoms with van der Waals surface area (Å²) in [6.45, 7) is 28.8. The Balaban J connectivity index is -0.000000325. The molecule has 0 aliphatic carbocycles. The van der Waals surface area contributed by atoms with Crippen LogP contribution in [0, 0.1) is 26.7 Å². The first-order valence-electron chi connectivity index (χ1n) is 11.1. The van der Waals surface area contributed by atoms with E-state index in [4.69, 9.17) is 0 Å². The van der Waals surface area contributed by atoms with E-state index in [1.165, 1.54) is 53.5 Å². The first-order chi connectivity index (χ1) is 12.7. The van der Waals surface area contributed by atoms with Gasteiger partial charge < -0.3 is 0 Å². The van der Waals surface area contributed by atoms with Crippen molar-refractivity contribution in [3.63, 3.8) is 0 Å². The number of hydrogen-bond donors (Lipinski definition) is 0. The van der Waals surface area contributed by atoms with Crippen molar-refractivity contribution in [3.8, 4) is 0 Å². The van der Waals surface area contributed by atoms with Gasteiger partial charge in [-0.25, -0.2) is 0 Å². The Kier molecular flexibility index (Phi) is 23.7. The van der Waals surface area contributed by atoms with Crippen LogP contribution in [-0.2, 0) is 6.42 Å². The molecule has 0 spiro atoms. The standard InChI is InChI=1S/C11H16.C9H18.C5H10.C2H6/c1-5-11-9(3)6-8(2)7-10(11)4;1-4-6-7-8-9(3)5-2;1-4-5(2)3;1-2/h6-7H,5H2,1-4H3;5,9H,2,4,6-8H2,1,3H3;2,4H2,1,3H3;1-2H3. The summed E-state index contributed by atoms with van der Waals surface area (Å²) in [4.78, 5) is 0. The van der Waals surface area contributed by atoms with Crippen LogP contribution in [0.1, 0.15) is 103 Å². The van der Waals surface area contributed by atoms with E-state index in [1.54, 1.807) is 0 Å². The summed E-state index contributed by atoms with van der Waals surface area (Å²) in [6, 6.07) is 4.51. The third-order valence-corrected chi connectivity index (χ3v) is 4.46. The molecule has 0 heterocycles. The maximum atomic E-state index is 3.74. The molecule has 0 saturated heterocycles. The molecule has 27 heavy (non-hydrogen) atoms. The van der Waals surface area contributed by atoms with Gasteiger partial charge in [0.15, 0.2) is 0 Å². The van der Waals surface area contributed by atoms with Crippen LogP contribution in [-0.4, -0.2) is 0 Å². The summed E-state index contributed by atoms with van der Waals surface area (Å²) in [6.07, 6.45) is 9.68. The maximum Gasteiger partial charge on any atom is -0.0265 e. The van der Waals surface area contributed by atoms with E-state index in [1.807, 2.05) is 26.8 Å². The highest BCUT2D eigenvalue weighted by Crippen LogP contribution is 2.16. The molecule has 0 saturated carbocycles. The highest BCUT2D eigenvalue weighted by molar-refractivity contribution is 5.37. The minimum Gasteiger partial charge on any atom is -0.103 e. The molecule has 1 unspecified atom stereocenters. The predicted molar refractivity (Wildman–Crippen MR) is 130 cm³/mol. The second-order valence-corrected chi connectivity index (χ2v) is 7.25. The first-order valence-corrected chi connectivity index (χ1v) is 11.1. The molecule has 158 valence electrons. The lowest BCUT2D eigenvalue weighted by molar-refractivity contribution is 0.577. The van der Waals surface area contributed by atoms with Gasteiger partial charge in [-0.15, -0.1) is 13.2 Å². The van der Waals surface area contributed by atoms with Crippen molar-refractivity contribution in [3.05, 3.63) is 59.2 Å². The Labute approximate surface area is 173 Å². The van der Waals surface area contributed by atoms with Crippen molar-refractivity contribution in [1.29, 1.82) is 0 Å². The molecule has 1 aromatic rings. The van der Waals surface area contributed by atoms with Gasteiger partial charge in [0.05, 0.1) is 0 Å². The first kappa shape index (κ1) is 30.4. The molecular weight excluding hydrogens is 324 g/mol. The smallest absolute Gasteiger partial charge is 0.0265 e. The van der Waals surface area contributed by atoms with Crippen LogP contribution >= 0.6 is 0 Å². The summed E-state index contributed by atoms with van der Waals surface area (Å²) < 4.78 is 0. The van der Waals surface area contributed by atoms with E-state index in [0.29, 0.717) is 0 Å². The van der Waals surface area contributed by atoms with E-state index < -0.39 is 0 Å². The van der Waals surface area contributed by atoms with E-state index >= 15 is 0 Å². The summed E-state index contributed by atoms with van der Waals surface area (Å²) in [7, 11) is 0. The summed E-state index contributed by atoms with van der Waals surface area (Å²) in [5, 5.41) is 0. The van der Waals surface area contributed by atoms with Crippen LogP contribution in [0.3, 0.4) is 0 Å². The zero-order valence-corrected chi connectivity index (χ0v) is 20.5. The lowest BCUT2D eigenvalue weighted by Gasteiger charge is -2.08. The van der Waals surface area contributed by atoms with Gasteiger partial charge in [0.2, 0.25) is 0 Å². The molecule has 0 fully saturated rings. The predicted octanol–water partition coefficient (Wildman–Crippen LogP) is 9.56. The number of rotatable bonds is 7. The molecule has 0 N–H and O–H groups in total. The summed E-state index contributed by atoms with van der Waals surface area (Å²) >= 11 is 0. The maximum absolute atomic E-state index is 3.74. The number of unbranched alkanes of at least 4 members (excludes halogenated alkanes) is 2. The molecule has 0 aromatic heterocycles. The van der Waals surface area contributed by atoms with Crippen LogP contribution in [0.15, 0.2) is 36.9 Å². The van der Waals surface area contributed by atoms with Gasteiger partial charge in [-0.1, -0.05) is 90.2 Å². The van der Waals surface area contributed by atoms with Gasteiger partial charge in [0.1, 0.15) is 0 Å². The molecule has 0 amide bonds. The minimum atomic E-state index is 0.719. The van der Waals surface area contributed by atoms with Gasteiger partial charge in [0.25, 0.3) is 0 Å². The highest BCUT2D eigenvalue weighted by Gasteiger charge is 1.99. The van der Waals surface area contributed by atoms with Gasteiger partial charge in [-0.05, 0) is 69.6 Å². The monoisotopic (exact) mass is 374 g/mol. The fourth-order valence-electron chi connectivity index (χ4n) is 2.60. The van der Waals surface area contributed by atoms with Crippen molar-refractivity contribution in [2.45, 2.75) is 108 Å². The third-order valence-electron chi connectivity index (χ3n) is 4.46. The normalized spacial score (nSPS) is 10.1. The van der Waals surface area contributed by atoms with E-state index in [-0.39, 0.29) is 0 Å². The Bertz CT molecular complexity index is 456. The van der Waals surface area contributed by atoms with Crippen molar-refractivity contribution in [1.82, 2.24) is 0 Å². The Morgan fingerprint density at radius 3 is 1.74 bits per heavy atom. The van der Waals surface area contributed by atoms with Crippen molar-refractivity contribution < 1.29 is 0 Å². The summed E-state index contributed by atoms with van der Waals surface area (Å²) in [5.41, 5.74) is 7.01. The Morgan fingerprint density at radius 2 is 1.44 bits per heavy atom. The molecule has 0 aliphatic rings. The molecule has 0 heteroatoms. The van der Waals surface area contributed by atoms with Crippen LogP contribution in [0.4, 0.5) is 0 Å². The van der Waals surface area contributed by atoms with Crippen molar-refractivity contribution in [2.75, 3.05) is 0 Å². The Morgan fingerprint density at radius 1 is 1.00 bits per heavy atom. The molecule has 0 aliphatic heterocycles. The van der Waals surface area contributed by atoms with Crippen molar-refractivity contribution in [2.24, 2.45) is 5.92 Å². The average Bonchev–Trinajstić information content (AvgIpc) is 2.64. The van der Waals surface area contributed by atoms with Crippen LogP contribution in [0.25, 0.3) is 0 Å². The highest BCUT2D eigenvalue weighted by atomic mass is 14.0. The number of aryl methyl sites for hydroxylation is 3. The number of allylic oxidation sites excluding steroid dienone is 2. The fraction of sp³-hybridized carbons (Fsp3) is 0.630. The topological polar surface area (TPSA) is 0 Å². The molecule has 0 nitrogen and oxygen atoms in total. The van der Waals surface area contributed by atoms with Gasteiger partial charge in [0, 0.05) is 0 Å². The lowest BCUT2D eigenvalue weighted by atomic mass is 9.98. The van der Waals surface area contributed by atoms with Gasteiger partial charge in [-0.2, -0.15) is 0 Å². The second-order valence-electron chi connectivity index (χ2n) is 7.25. The average molecular weight is 375 g/mol. The van der Waals surface area contributed by atoms with Crippen LogP contribution in [0.5, 0.6) is 0 Å². The third kappa shape index (κ3) is 19.3. The van der Waals surface area contributed by atoms with E-state index in [9.17, 15) is 0 Å². The van der Waals surface area contributed by atoms with Gasteiger partial charge >= 0.3 is 0 Å². The van der Waals surface area contributed by atoms with Crippen LogP contribution in [0.2, 0.25) is 0 Å². The second kappa shape index (κ2) is 21.0. The molecule has 1 atom stereocenters. The molecule has 0 radical (unpaired) electrons. The lowest BCUT2D eigenvalue weighted by Crippen LogP contribution is -1.92. The quantitative estimate of drug-likeness (QED) is 0.329. The zero-order chi connectivity index (χ0) is 21.8. The number of benzene rings is 1. The summed E-state index contributed by atoms with van der Waals surface area (Å²) in [5.74, 6) is 0.719. The Hall–Kier alpha value is -1.30. The fourth-order valence-corrected chi connectivity index (χ4v) is 2.60. The van der Waals surface area contributed by atoms with Crippen LogP contribution < -0.4 is 0 Å². The molecule has 0 bridgehead atoms. The minimum absolute atomic E-state index is 0.719. The zero-order valence-electron chi connectivity index (χ0n) is 20.5. The van der Waals surface area contributed by atoms with E-state index in [0.717, 1.165) is 18.8 Å². The molecule has 1 aromatic carbocycles. The van der Waals surface area contributed by atoms with Crippen molar-refractivity contribution >= 4 is 0 Å². The number of hydrogen-bond acceptors (Lipinski definition) is 0. The molecule has 1 rings (SSSR count). The van der Waals surface area contributed by atoms with Gasteiger partial charge in [-0.3, -0.25) is 0 Å². The van der Waals surface area contributed by atoms with E-state index in [2.05, 4.69) is 73.8 Å². The SMILES string of the molecule is C=C(C)CC.C=CC(C)CCCCC.CC.CCc1c(C)cc(C)cc1C.